The van der Waals surface area contributed by atoms with E-state index in [1.165, 1.54) is 10.4 Å². The van der Waals surface area contributed by atoms with Crippen molar-refractivity contribution in [3.05, 3.63) is 60.7 Å². The highest BCUT2D eigenvalue weighted by Crippen LogP contribution is 2.53. The molecule has 2 N–H and O–H groups in total. The molecule has 0 aliphatic heterocycles. The predicted molar refractivity (Wildman–Crippen MR) is 107 cm³/mol. The maximum absolute atomic E-state index is 7.17. The van der Waals surface area contributed by atoms with Gasteiger partial charge in [0, 0.05) is 12.1 Å². The van der Waals surface area contributed by atoms with Crippen molar-refractivity contribution in [3.8, 4) is 0 Å². The first-order valence-electron chi connectivity index (χ1n) is 9.48. The maximum atomic E-state index is 7.17. The van der Waals surface area contributed by atoms with Gasteiger partial charge in [0.05, 0.1) is 0 Å². The lowest BCUT2D eigenvalue weighted by Gasteiger charge is -2.45. The van der Waals surface area contributed by atoms with Crippen LogP contribution in [0.5, 0.6) is 0 Å². The summed E-state index contributed by atoms with van der Waals surface area (Å²) >= 11 is 0. The number of hydrogen-bond donors (Lipinski definition) is 1. The van der Waals surface area contributed by atoms with Gasteiger partial charge in [-0.1, -0.05) is 81.4 Å². The van der Waals surface area contributed by atoms with Crippen molar-refractivity contribution >= 4 is 18.7 Å². The minimum absolute atomic E-state index is 0.0601. The summed E-state index contributed by atoms with van der Waals surface area (Å²) in [7, 11) is -2.39. The van der Waals surface area contributed by atoms with Crippen LogP contribution in [0, 0.1) is 11.8 Å². The molecule has 0 saturated heterocycles. The maximum Gasteiger partial charge on any atom is 0.261 e. The minimum Gasteiger partial charge on any atom is -0.404 e. The van der Waals surface area contributed by atoms with Gasteiger partial charge in [0.2, 0.25) is 0 Å². The molecule has 3 heteroatoms. The lowest BCUT2D eigenvalue weighted by atomic mass is 10.2. The van der Waals surface area contributed by atoms with Crippen LogP contribution in [-0.4, -0.2) is 20.5 Å². The van der Waals surface area contributed by atoms with Crippen molar-refractivity contribution in [2.24, 2.45) is 17.6 Å². The molecule has 1 unspecified atom stereocenters. The molecule has 4 atom stereocenters. The molecule has 2 fully saturated rings. The van der Waals surface area contributed by atoms with E-state index in [2.05, 4.69) is 81.4 Å². The SMILES string of the molecule is CC(C)(C)[Si](OC1C[C@@H]2[C@@H](N)[C@@H]2C1)(c1ccccc1)c1ccccc1. The highest BCUT2D eigenvalue weighted by molar-refractivity contribution is 6.99. The largest absolute Gasteiger partial charge is 0.404 e. The summed E-state index contributed by atoms with van der Waals surface area (Å²) in [5.74, 6) is 1.39. The lowest BCUT2D eigenvalue weighted by molar-refractivity contribution is 0.178. The molecule has 25 heavy (non-hydrogen) atoms. The summed E-state index contributed by atoms with van der Waals surface area (Å²) in [6, 6.07) is 22.3. The van der Waals surface area contributed by atoms with E-state index in [4.69, 9.17) is 10.2 Å². The van der Waals surface area contributed by atoms with Gasteiger partial charge in [0.15, 0.2) is 0 Å². The zero-order valence-electron chi connectivity index (χ0n) is 15.5. The number of nitrogens with two attached hydrogens (primary N) is 1. The topological polar surface area (TPSA) is 35.2 Å². The van der Waals surface area contributed by atoms with Crippen molar-refractivity contribution in [1.29, 1.82) is 0 Å². The van der Waals surface area contributed by atoms with Crippen molar-refractivity contribution in [2.45, 2.75) is 50.8 Å². The Morgan fingerprint density at radius 2 is 1.28 bits per heavy atom. The number of rotatable bonds is 4. The van der Waals surface area contributed by atoms with Crippen LogP contribution in [0.15, 0.2) is 60.7 Å². The van der Waals surface area contributed by atoms with Gasteiger partial charge in [-0.25, -0.2) is 0 Å². The fraction of sp³-hybridized carbons (Fsp3) is 0.455. The summed E-state index contributed by atoms with van der Waals surface area (Å²) in [6.07, 6.45) is 2.62. The average Bonchev–Trinajstić information content (AvgIpc) is 3.02. The van der Waals surface area contributed by atoms with Crippen LogP contribution in [0.4, 0.5) is 0 Å². The molecule has 2 aromatic rings. The molecule has 0 heterocycles. The van der Waals surface area contributed by atoms with E-state index in [-0.39, 0.29) is 5.04 Å². The number of fused-ring (bicyclic) bond motifs is 1. The summed E-state index contributed by atoms with van der Waals surface area (Å²) in [5.41, 5.74) is 6.16. The molecule has 2 aromatic carbocycles. The summed E-state index contributed by atoms with van der Waals surface area (Å²) in [5, 5.41) is 2.81. The molecule has 2 aliphatic rings. The van der Waals surface area contributed by atoms with Gasteiger partial charge in [0.1, 0.15) is 0 Å². The molecular weight excluding hydrogens is 322 g/mol. The Morgan fingerprint density at radius 3 is 1.68 bits per heavy atom. The Balaban J connectivity index is 1.79. The Bertz CT molecular complexity index is 673. The second-order valence-electron chi connectivity index (χ2n) is 8.78. The molecule has 2 saturated carbocycles. The van der Waals surface area contributed by atoms with Crippen LogP contribution < -0.4 is 16.1 Å². The minimum atomic E-state index is -2.39. The third-order valence-electron chi connectivity index (χ3n) is 6.23. The molecule has 2 aliphatic carbocycles. The molecule has 0 amide bonds. The first-order chi connectivity index (χ1) is 11.9. The lowest BCUT2D eigenvalue weighted by Crippen LogP contribution is -2.67. The molecule has 0 bridgehead atoms. The second-order valence-corrected chi connectivity index (χ2v) is 13.0. The van der Waals surface area contributed by atoms with Gasteiger partial charge in [0.25, 0.3) is 8.32 Å². The molecule has 0 radical (unpaired) electrons. The van der Waals surface area contributed by atoms with E-state index in [1.807, 2.05) is 0 Å². The summed E-state index contributed by atoms with van der Waals surface area (Å²) in [6.45, 7) is 7.04. The van der Waals surface area contributed by atoms with Crippen LogP contribution in [0.1, 0.15) is 33.6 Å². The van der Waals surface area contributed by atoms with Gasteiger partial charge in [-0.05, 0) is 40.1 Å². The van der Waals surface area contributed by atoms with Gasteiger partial charge in [-0.3, -0.25) is 0 Å². The van der Waals surface area contributed by atoms with Crippen LogP contribution in [0.2, 0.25) is 5.04 Å². The Labute approximate surface area is 152 Å². The number of benzene rings is 2. The van der Waals surface area contributed by atoms with E-state index in [0.29, 0.717) is 24.0 Å². The van der Waals surface area contributed by atoms with Crippen molar-refractivity contribution in [1.82, 2.24) is 0 Å². The van der Waals surface area contributed by atoms with Crippen LogP contribution in [-0.2, 0) is 4.43 Å². The molecular formula is C22H29NOSi. The number of hydrogen-bond acceptors (Lipinski definition) is 2. The van der Waals surface area contributed by atoms with E-state index in [9.17, 15) is 0 Å². The van der Waals surface area contributed by atoms with E-state index < -0.39 is 8.32 Å². The van der Waals surface area contributed by atoms with Crippen LogP contribution >= 0.6 is 0 Å². The zero-order valence-corrected chi connectivity index (χ0v) is 16.5. The Kier molecular flexibility index (Phi) is 4.14. The first-order valence-corrected chi connectivity index (χ1v) is 11.4. The monoisotopic (exact) mass is 351 g/mol. The van der Waals surface area contributed by atoms with Crippen molar-refractivity contribution < 1.29 is 4.43 Å². The first kappa shape index (κ1) is 17.0. The zero-order chi connectivity index (χ0) is 17.7. The van der Waals surface area contributed by atoms with Gasteiger partial charge in [-0.15, -0.1) is 0 Å². The highest BCUT2D eigenvalue weighted by atomic mass is 28.4. The third-order valence-corrected chi connectivity index (χ3v) is 11.3. The average molecular weight is 352 g/mol. The second kappa shape index (κ2) is 6.08. The Morgan fingerprint density at radius 1 is 0.840 bits per heavy atom. The fourth-order valence-corrected chi connectivity index (χ4v) is 9.59. The smallest absolute Gasteiger partial charge is 0.261 e. The quantitative estimate of drug-likeness (QED) is 0.858. The van der Waals surface area contributed by atoms with Gasteiger partial charge >= 0.3 is 0 Å². The van der Waals surface area contributed by atoms with E-state index >= 15 is 0 Å². The molecule has 2 nitrogen and oxygen atoms in total. The third kappa shape index (κ3) is 2.79. The standard InChI is InChI=1S/C22H29NOSi/c1-22(2,3)25(17-10-6-4-7-11-17,18-12-8-5-9-13-18)24-16-14-19-20(15-16)21(19)23/h4-13,16,19-21H,14-15,23H2,1-3H3/t16?,19-,20+,21+. The summed E-state index contributed by atoms with van der Waals surface area (Å²) in [4.78, 5) is 0. The molecule has 0 aromatic heterocycles. The normalized spacial score (nSPS) is 28.6. The predicted octanol–water partition coefficient (Wildman–Crippen LogP) is 3.30. The highest BCUT2D eigenvalue weighted by Gasteiger charge is 2.58. The molecule has 0 spiro atoms. The van der Waals surface area contributed by atoms with Crippen molar-refractivity contribution in [3.63, 3.8) is 0 Å². The van der Waals surface area contributed by atoms with Crippen molar-refractivity contribution in [2.75, 3.05) is 0 Å². The molecule has 132 valence electrons. The fourth-order valence-electron chi connectivity index (χ4n) is 4.88. The van der Waals surface area contributed by atoms with E-state index in [0.717, 1.165) is 12.8 Å². The molecule has 4 rings (SSSR count). The van der Waals surface area contributed by atoms with Crippen LogP contribution in [0.25, 0.3) is 0 Å². The summed E-state index contributed by atoms with van der Waals surface area (Å²) < 4.78 is 7.17. The van der Waals surface area contributed by atoms with Gasteiger partial charge < -0.3 is 10.2 Å². The van der Waals surface area contributed by atoms with Crippen LogP contribution in [0.3, 0.4) is 0 Å². The van der Waals surface area contributed by atoms with Gasteiger partial charge in [-0.2, -0.15) is 0 Å². The Hall–Kier alpha value is -1.42. The van der Waals surface area contributed by atoms with E-state index in [1.54, 1.807) is 0 Å².